The normalized spacial score (nSPS) is 11.0. The van der Waals surface area contributed by atoms with Gasteiger partial charge in [0.25, 0.3) is 0 Å². The highest BCUT2D eigenvalue weighted by Crippen LogP contribution is 2.24. The van der Waals surface area contributed by atoms with Crippen molar-refractivity contribution < 1.29 is 9.59 Å². The Hall–Kier alpha value is -4.45. The summed E-state index contributed by atoms with van der Waals surface area (Å²) in [5.74, 6) is -0.501. The van der Waals surface area contributed by atoms with E-state index in [4.69, 9.17) is 5.10 Å². The number of para-hydroxylation sites is 1. The highest BCUT2D eigenvalue weighted by atomic mass is 16.2. The smallest absolute Gasteiger partial charge is 0.246 e. The lowest BCUT2D eigenvalue weighted by Crippen LogP contribution is -2.34. The number of anilines is 1. The quantitative estimate of drug-likeness (QED) is 0.348. The third kappa shape index (κ3) is 6.16. The summed E-state index contributed by atoms with van der Waals surface area (Å²) in [6.07, 6.45) is 5.19. The highest BCUT2D eigenvalue weighted by Gasteiger charge is 2.14. The van der Waals surface area contributed by atoms with Crippen molar-refractivity contribution in [2.24, 2.45) is 0 Å². The van der Waals surface area contributed by atoms with E-state index in [9.17, 15) is 9.59 Å². The van der Waals surface area contributed by atoms with E-state index in [0.717, 1.165) is 39.2 Å². The van der Waals surface area contributed by atoms with Crippen molar-refractivity contribution in [3.8, 4) is 11.3 Å². The molecule has 1 heterocycles. The molecule has 6 nitrogen and oxygen atoms in total. The van der Waals surface area contributed by atoms with Crippen molar-refractivity contribution >= 4 is 23.6 Å². The maximum atomic E-state index is 12.8. The minimum absolute atomic E-state index is 0.0459. The molecule has 6 heteroatoms. The minimum Gasteiger partial charge on any atom is -0.333 e. The van der Waals surface area contributed by atoms with Gasteiger partial charge < -0.3 is 10.2 Å². The van der Waals surface area contributed by atoms with Crippen LogP contribution in [0.1, 0.15) is 22.3 Å². The molecule has 0 unspecified atom stereocenters. The molecule has 3 aromatic carbocycles. The number of carbonyl (C=O) groups excluding carboxylic acids is 2. The van der Waals surface area contributed by atoms with Crippen molar-refractivity contribution in [3.05, 3.63) is 113 Å². The predicted molar refractivity (Wildman–Crippen MR) is 144 cm³/mol. The molecule has 182 valence electrons. The van der Waals surface area contributed by atoms with E-state index in [0.29, 0.717) is 6.54 Å². The number of benzene rings is 3. The van der Waals surface area contributed by atoms with Gasteiger partial charge in [-0.05, 0) is 36.6 Å². The Labute approximate surface area is 211 Å². The monoisotopic (exact) mass is 478 g/mol. The molecule has 0 aliphatic heterocycles. The predicted octanol–water partition coefficient (Wildman–Crippen LogP) is 5.33. The molecule has 0 aliphatic rings. The molecule has 0 fully saturated rings. The van der Waals surface area contributed by atoms with Crippen LogP contribution in [0.3, 0.4) is 0 Å². The fraction of sp³-hybridized carbons (Fsp3) is 0.167. The zero-order valence-corrected chi connectivity index (χ0v) is 20.8. The van der Waals surface area contributed by atoms with Crippen LogP contribution in [0, 0.1) is 13.8 Å². The van der Waals surface area contributed by atoms with Gasteiger partial charge in [-0.15, -0.1) is 0 Å². The second-order valence-electron chi connectivity index (χ2n) is 8.82. The highest BCUT2D eigenvalue weighted by molar-refractivity contribution is 5.98. The van der Waals surface area contributed by atoms with Crippen molar-refractivity contribution in [1.82, 2.24) is 14.7 Å². The van der Waals surface area contributed by atoms with E-state index >= 15 is 0 Å². The topological polar surface area (TPSA) is 67.2 Å². The Morgan fingerprint density at radius 2 is 1.56 bits per heavy atom. The van der Waals surface area contributed by atoms with Crippen LogP contribution < -0.4 is 5.32 Å². The Morgan fingerprint density at radius 3 is 2.22 bits per heavy atom. The van der Waals surface area contributed by atoms with Crippen LogP contribution >= 0.6 is 0 Å². The van der Waals surface area contributed by atoms with Gasteiger partial charge in [0.05, 0.1) is 18.8 Å². The summed E-state index contributed by atoms with van der Waals surface area (Å²) in [6.45, 7) is 4.47. The van der Waals surface area contributed by atoms with Crippen LogP contribution in [-0.2, 0) is 16.1 Å². The van der Waals surface area contributed by atoms with Crippen LogP contribution in [-0.4, -0.2) is 40.1 Å². The van der Waals surface area contributed by atoms with Crippen LogP contribution in [0.15, 0.2) is 91.1 Å². The minimum atomic E-state index is -0.263. The molecule has 0 bridgehead atoms. The lowest BCUT2D eigenvalue weighted by atomic mass is 10.1. The molecule has 0 saturated heterocycles. The standard InChI is InChI=1S/C30H30N4O2/c1-22-11-10-12-23(2)29(22)31-27(35)21-33(3)28(36)18-17-26-20-34(19-24-13-6-4-7-14-24)32-30(26)25-15-8-5-9-16-25/h4-18,20H,19,21H2,1-3H3,(H,31,35). The zero-order chi connectivity index (χ0) is 25.5. The van der Waals surface area contributed by atoms with Gasteiger partial charge in [-0.3, -0.25) is 14.3 Å². The molecule has 4 aromatic rings. The number of amides is 2. The Kier molecular flexibility index (Phi) is 7.75. The second kappa shape index (κ2) is 11.3. The molecule has 1 aromatic heterocycles. The molecular formula is C30H30N4O2. The first kappa shape index (κ1) is 24.7. The van der Waals surface area contributed by atoms with Crippen LogP contribution in [0.2, 0.25) is 0 Å². The molecule has 0 radical (unpaired) electrons. The molecule has 1 N–H and O–H groups in total. The van der Waals surface area contributed by atoms with Crippen LogP contribution in [0.5, 0.6) is 0 Å². The summed E-state index contributed by atoms with van der Waals surface area (Å²) in [6, 6.07) is 25.8. The van der Waals surface area contributed by atoms with E-state index < -0.39 is 0 Å². The summed E-state index contributed by atoms with van der Waals surface area (Å²) in [4.78, 5) is 26.8. The Balaban J connectivity index is 1.48. The van der Waals surface area contributed by atoms with E-state index in [1.165, 1.54) is 11.0 Å². The molecule has 0 spiro atoms. The van der Waals surface area contributed by atoms with Crippen molar-refractivity contribution in [2.45, 2.75) is 20.4 Å². The number of rotatable bonds is 8. The van der Waals surface area contributed by atoms with Gasteiger partial charge in [-0.25, -0.2) is 0 Å². The number of hydrogen-bond donors (Lipinski definition) is 1. The average Bonchev–Trinajstić information content (AvgIpc) is 3.28. The third-order valence-electron chi connectivity index (χ3n) is 5.93. The average molecular weight is 479 g/mol. The van der Waals surface area contributed by atoms with E-state index in [-0.39, 0.29) is 18.4 Å². The number of aromatic nitrogens is 2. The van der Waals surface area contributed by atoms with Gasteiger partial charge in [0.2, 0.25) is 11.8 Å². The number of hydrogen-bond acceptors (Lipinski definition) is 3. The van der Waals surface area contributed by atoms with Gasteiger partial charge in [0.1, 0.15) is 0 Å². The van der Waals surface area contributed by atoms with E-state index in [2.05, 4.69) is 17.4 Å². The van der Waals surface area contributed by atoms with Crippen molar-refractivity contribution in [2.75, 3.05) is 18.9 Å². The molecule has 0 aliphatic carbocycles. The summed E-state index contributed by atoms with van der Waals surface area (Å²) in [5, 5.41) is 7.71. The van der Waals surface area contributed by atoms with E-state index in [1.54, 1.807) is 13.1 Å². The lowest BCUT2D eigenvalue weighted by Gasteiger charge is -2.16. The van der Waals surface area contributed by atoms with Crippen LogP contribution in [0.25, 0.3) is 17.3 Å². The largest absolute Gasteiger partial charge is 0.333 e. The van der Waals surface area contributed by atoms with Gasteiger partial charge in [0, 0.05) is 36.1 Å². The lowest BCUT2D eigenvalue weighted by molar-refractivity contribution is -0.129. The second-order valence-corrected chi connectivity index (χ2v) is 8.82. The summed E-state index contributed by atoms with van der Waals surface area (Å²) in [5.41, 5.74) is 6.50. The molecule has 0 atom stereocenters. The number of nitrogens with one attached hydrogen (secondary N) is 1. The van der Waals surface area contributed by atoms with Gasteiger partial charge in [-0.2, -0.15) is 5.10 Å². The number of aryl methyl sites for hydroxylation is 2. The first-order valence-electron chi connectivity index (χ1n) is 11.9. The Morgan fingerprint density at radius 1 is 0.917 bits per heavy atom. The molecule has 0 saturated carbocycles. The third-order valence-corrected chi connectivity index (χ3v) is 5.93. The van der Waals surface area contributed by atoms with Crippen molar-refractivity contribution in [3.63, 3.8) is 0 Å². The first-order valence-corrected chi connectivity index (χ1v) is 11.9. The maximum Gasteiger partial charge on any atom is 0.246 e. The molecule has 4 rings (SSSR count). The fourth-order valence-corrected chi connectivity index (χ4v) is 4.00. The fourth-order valence-electron chi connectivity index (χ4n) is 4.00. The summed E-state index contributed by atoms with van der Waals surface area (Å²) < 4.78 is 1.88. The molecule has 36 heavy (non-hydrogen) atoms. The number of nitrogens with zero attached hydrogens (tertiary/aromatic N) is 3. The summed E-state index contributed by atoms with van der Waals surface area (Å²) in [7, 11) is 1.62. The SMILES string of the molecule is Cc1cccc(C)c1NC(=O)CN(C)C(=O)C=Cc1cn(Cc2ccccc2)nc1-c1ccccc1. The number of carbonyl (C=O) groups is 2. The zero-order valence-electron chi connectivity index (χ0n) is 20.8. The first-order chi connectivity index (χ1) is 17.4. The number of likely N-dealkylation sites (N-methyl/N-ethyl adjacent to an activating group) is 1. The van der Waals surface area contributed by atoms with Crippen LogP contribution in [0.4, 0.5) is 5.69 Å². The van der Waals surface area contributed by atoms with Gasteiger partial charge in [0.15, 0.2) is 0 Å². The van der Waals surface area contributed by atoms with Crippen molar-refractivity contribution in [1.29, 1.82) is 0 Å². The Bertz CT molecular complexity index is 1350. The summed E-state index contributed by atoms with van der Waals surface area (Å²) >= 11 is 0. The molecule has 2 amide bonds. The maximum absolute atomic E-state index is 12.8. The van der Waals surface area contributed by atoms with Gasteiger partial charge >= 0.3 is 0 Å². The van der Waals surface area contributed by atoms with E-state index in [1.807, 2.05) is 91.5 Å². The molecular weight excluding hydrogens is 448 g/mol. The van der Waals surface area contributed by atoms with Gasteiger partial charge in [-0.1, -0.05) is 78.9 Å².